The number of aromatic amines is 1. The van der Waals surface area contributed by atoms with E-state index < -0.39 is 0 Å². The number of carbonyl (C=O) groups is 1. The number of aryl methyl sites for hydroxylation is 2. The van der Waals surface area contributed by atoms with Gasteiger partial charge < -0.3 is 20.0 Å². The highest BCUT2D eigenvalue weighted by Crippen LogP contribution is 2.38. The van der Waals surface area contributed by atoms with Crippen molar-refractivity contribution in [1.29, 1.82) is 0 Å². The lowest BCUT2D eigenvalue weighted by Crippen LogP contribution is -2.30. The van der Waals surface area contributed by atoms with Crippen LogP contribution >= 0.6 is 0 Å². The highest BCUT2D eigenvalue weighted by Gasteiger charge is 2.30. The van der Waals surface area contributed by atoms with Gasteiger partial charge in [0.15, 0.2) is 5.65 Å². The van der Waals surface area contributed by atoms with E-state index in [2.05, 4.69) is 25.2 Å². The minimum Gasteiger partial charge on any atom is -0.362 e. The summed E-state index contributed by atoms with van der Waals surface area (Å²) in [6.07, 6.45) is 8.50. The van der Waals surface area contributed by atoms with E-state index in [1.165, 1.54) is 0 Å². The van der Waals surface area contributed by atoms with Crippen LogP contribution in [0, 0.1) is 13.5 Å². The number of amides is 1. The number of hydrogen-bond donors (Lipinski definition) is 2. The first-order chi connectivity index (χ1) is 17.5. The van der Waals surface area contributed by atoms with Crippen LogP contribution in [0.1, 0.15) is 43.1 Å². The van der Waals surface area contributed by atoms with E-state index in [0.29, 0.717) is 54.3 Å². The molecule has 0 spiro atoms. The third-order valence-corrected chi connectivity index (χ3v) is 7.18. The molecular weight excluding hydrogens is 456 g/mol. The maximum atomic E-state index is 13.0. The normalized spacial score (nSPS) is 17.1. The zero-order valence-corrected chi connectivity index (χ0v) is 20.5. The number of carbonyl (C=O) groups excluding carboxylic acids is 1. The molecule has 6 rings (SSSR count). The molecule has 2 aliphatic rings. The molecule has 6 heterocycles. The average Bonchev–Trinajstić information content (AvgIpc) is 3.58. The summed E-state index contributed by atoms with van der Waals surface area (Å²) < 4.78 is 3.75. The summed E-state index contributed by atoms with van der Waals surface area (Å²) >= 11 is 0. The Labute approximate surface area is 208 Å². The predicted octanol–water partition coefficient (Wildman–Crippen LogP) is 3.22. The minimum absolute atomic E-state index is 0.0359. The lowest BCUT2D eigenvalue weighted by Gasteiger charge is -2.21. The van der Waals surface area contributed by atoms with Crippen molar-refractivity contribution in [3.05, 3.63) is 41.4 Å². The number of nitrogens with one attached hydrogen (secondary N) is 2. The van der Waals surface area contributed by atoms with Crippen molar-refractivity contribution in [2.75, 3.05) is 20.1 Å². The van der Waals surface area contributed by atoms with Crippen molar-refractivity contribution in [2.24, 2.45) is 0 Å². The summed E-state index contributed by atoms with van der Waals surface area (Å²) in [6.45, 7) is 12.8. The molecule has 11 nitrogen and oxygen atoms in total. The maximum absolute atomic E-state index is 13.0. The number of rotatable bonds is 1. The van der Waals surface area contributed by atoms with Crippen molar-refractivity contribution in [3.8, 4) is 22.4 Å². The van der Waals surface area contributed by atoms with E-state index in [4.69, 9.17) is 16.7 Å². The van der Waals surface area contributed by atoms with Crippen LogP contribution in [0.3, 0.4) is 0 Å². The smallest absolute Gasteiger partial charge is 0.262 e. The zero-order chi connectivity index (χ0) is 24.8. The SMILES string of the molecule is [C-]#[N+]c1c2c(nn1C1CCNCC1)CN(C)C(=O)CCCn1cc(c(C)n1)-c1c[nH]c3ncc-2nc13. The molecule has 0 atom stereocenters. The first kappa shape index (κ1) is 22.4. The molecule has 4 bridgehead atoms. The van der Waals surface area contributed by atoms with Crippen molar-refractivity contribution in [3.63, 3.8) is 0 Å². The van der Waals surface area contributed by atoms with Gasteiger partial charge >= 0.3 is 0 Å². The molecule has 1 saturated heterocycles. The quantitative estimate of drug-likeness (QED) is 0.401. The van der Waals surface area contributed by atoms with E-state index in [9.17, 15) is 4.79 Å². The van der Waals surface area contributed by atoms with Crippen LogP contribution in [0.2, 0.25) is 0 Å². The Morgan fingerprint density at radius 2 is 2.03 bits per heavy atom. The number of hydrogen-bond acceptors (Lipinski definition) is 6. The fourth-order valence-electron chi connectivity index (χ4n) is 5.27. The summed E-state index contributed by atoms with van der Waals surface area (Å²) in [7, 11) is 1.79. The second-order valence-corrected chi connectivity index (χ2v) is 9.58. The van der Waals surface area contributed by atoms with Gasteiger partial charge in [0.25, 0.3) is 5.82 Å². The molecule has 0 aliphatic carbocycles. The molecule has 4 aromatic rings. The second-order valence-electron chi connectivity index (χ2n) is 9.58. The molecule has 1 amide bonds. The van der Waals surface area contributed by atoms with Crippen molar-refractivity contribution >= 4 is 22.9 Å². The molecular formula is C25H28N10O. The Balaban J connectivity index is 1.58. The fourth-order valence-corrected chi connectivity index (χ4v) is 5.27. The molecule has 4 aromatic heterocycles. The predicted molar refractivity (Wildman–Crippen MR) is 134 cm³/mol. The lowest BCUT2D eigenvalue weighted by molar-refractivity contribution is -0.130. The summed E-state index contributed by atoms with van der Waals surface area (Å²) in [6, 6.07) is 0.127. The van der Waals surface area contributed by atoms with Crippen LogP contribution in [-0.4, -0.2) is 65.5 Å². The Bertz CT molecular complexity index is 1500. The molecule has 11 heteroatoms. The molecule has 2 N–H and O–H groups in total. The Morgan fingerprint density at radius 1 is 1.19 bits per heavy atom. The van der Waals surface area contributed by atoms with Gasteiger partial charge in [-0.15, -0.1) is 5.10 Å². The summed E-state index contributed by atoms with van der Waals surface area (Å²) in [5.74, 6) is 0.491. The van der Waals surface area contributed by atoms with E-state index in [-0.39, 0.29) is 11.9 Å². The molecule has 36 heavy (non-hydrogen) atoms. The fraction of sp³-hybridized carbons (Fsp3) is 0.440. The molecule has 0 radical (unpaired) electrons. The standard InChI is InChI=1S/C25H28N10O/c1-15-18-13-34(31-15)10-4-5-21(36)33(3)14-20-22(19-12-29-24-23(30-19)17(18)11-28-24)25(26-2)35(32-20)16-6-8-27-9-7-16/h11-13,16,27H,4-10,14H2,1,3H3,(H,28,29). The van der Waals surface area contributed by atoms with E-state index >= 15 is 0 Å². The largest absolute Gasteiger partial charge is 0.362 e. The maximum Gasteiger partial charge on any atom is 0.262 e. The number of aromatic nitrogens is 7. The van der Waals surface area contributed by atoms with Crippen molar-refractivity contribution in [2.45, 2.75) is 51.7 Å². The summed E-state index contributed by atoms with van der Waals surface area (Å²) in [5, 5.41) is 13.0. The van der Waals surface area contributed by atoms with E-state index in [1.54, 1.807) is 18.1 Å². The van der Waals surface area contributed by atoms with Gasteiger partial charge in [-0.3, -0.25) is 9.48 Å². The number of piperidine rings is 1. The van der Waals surface area contributed by atoms with Gasteiger partial charge in [-0.25, -0.2) is 9.97 Å². The van der Waals surface area contributed by atoms with Gasteiger partial charge in [-0.2, -0.15) is 9.78 Å². The van der Waals surface area contributed by atoms with E-state index in [1.807, 2.05) is 28.7 Å². The van der Waals surface area contributed by atoms with Crippen molar-refractivity contribution in [1.82, 2.24) is 44.7 Å². The molecule has 1 fully saturated rings. The highest BCUT2D eigenvalue weighted by atomic mass is 16.2. The zero-order valence-electron chi connectivity index (χ0n) is 20.5. The molecule has 0 saturated carbocycles. The van der Waals surface area contributed by atoms with Crippen LogP contribution in [0.25, 0.3) is 38.4 Å². The highest BCUT2D eigenvalue weighted by molar-refractivity contribution is 5.92. The van der Waals surface area contributed by atoms with Crippen LogP contribution in [0.5, 0.6) is 0 Å². The van der Waals surface area contributed by atoms with Gasteiger partial charge in [0, 0.05) is 56.4 Å². The van der Waals surface area contributed by atoms with E-state index in [0.717, 1.165) is 48.3 Å². The Kier molecular flexibility index (Phi) is 5.53. The third kappa shape index (κ3) is 3.74. The molecule has 184 valence electrons. The van der Waals surface area contributed by atoms with Gasteiger partial charge in [0.05, 0.1) is 29.7 Å². The van der Waals surface area contributed by atoms with Crippen LogP contribution in [-0.2, 0) is 17.9 Å². The minimum atomic E-state index is 0.0359. The van der Waals surface area contributed by atoms with Gasteiger partial charge in [0.1, 0.15) is 17.3 Å². The molecule has 0 unspecified atom stereocenters. The second kappa shape index (κ2) is 8.87. The van der Waals surface area contributed by atoms with Gasteiger partial charge in [-0.05, 0) is 26.4 Å². The monoisotopic (exact) mass is 484 g/mol. The molecule has 0 aromatic carbocycles. The number of nitrogens with zero attached hydrogens (tertiary/aromatic N) is 8. The molecule has 2 aliphatic heterocycles. The summed E-state index contributed by atoms with van der Waals surface area (Å²) in [4.78, 5) is 31.5. The summed E-state index contributed by atoms with van der Waals surface area (Å²) in [5.41, 5.74) is 6.11. The first-order valence-electron chi connectivity index (χ1n) is 12.4. The number of fused-ring (bicyclic) bond motifs is 6. The van der Waals surface area contributed by atoms with Gasteiger partial charge in [0.2, 0.25) is 5.91 Å². The van der Waals surface area contributed by atoms with Crippen LogP contribution in [0.4, 0.5) is 5.82 Å². The van der Waals surface area contributed by atoms with Crippen LogP contribution < -0.4 is 5.32 Å². The number of H-pyrrole nitrogens is 1. The van der Waals surface area contributed by atoms with Crippen molar-refractivity contribution < 1.29 is 4.79 Å². The average molecular weight is 485 g/mol. The lowest BCUT2D eigenvalue weighted by atomic mass is 10.1. The Hall–Kier alpha value is -4.04. The first-order valence-corrected chi connectivity index (χ1v) is 12.4. The third-order valence-electron chi connectivity index (χ3n) is 7.18. The Morgan fingerprint density at radius 3 is 2.83 bits per heavy atom. The topological polar surface area (TPSA) is 114 Å². The van der Waals surface area contributed by atoms with Gasteiger partial charge in [-0.1, -0.05) is 6.57 Å². The van der Waals surface area contributed by atoms with Crippen LogP contribution in [0.15, 0.2) is 18.6 Å².